The van der Waals surface area contributed by atoms with Crippen molar-refractivity contribution in [2.45, 2.75) is 20.8 Å². The van der Waals surface area contributed by atoms with Crippen molar-refractivity contribution in [3.05, 3.63) is 54.3 Å². The molecule has 0 fully saturated rings. The summed E-state index contributed by atoms with van der Waals surface area (Å²) in [7, 11) is 0. The van der Waals surface area contributed by atoms with Gasteiger partial charge >= 0.3 is 0 Å². The van der Waals surface area contributed by atoms with Crippen LogP contribution in [-0.4, -0.2) is 11.6 Å². The summed E-state index contributed by atoms with van der Waals surface area (Å²) in [6.07, 6.45) is 6.69. The summed E-state index contributed by atoms with van der Waals surface area (Å²) in [5.41, 5.74) is 2.76. The lowest BCUT2D eigenvalue weighted by Gasteiger charge is -2.02. The molecule has 0 aliphatic heterocycles. The lowest BCUT2D eigenvalue weighted by atomic mass is 10.2. The van der Waals surface area contributed by atoms with Crippen LogP contribution in [0.2, 0.25) is 0 Å². The van der Waals surface area contributed by atoms with Crippen molar-refractivity contribution in [1.29, 1.82) is 0 Å². The van der Waals surface area contributed by atoms with Gasteiger partial charge in [-0.3, -0.25) is 9.79 Å². The van der Waals surface area contributed by atoms with Gasteiger partial charge in [0.2, 0.25) is 5.91 Å². The van der Waals surface area contributed by atoms with Crippen molar-refractivity contribution in [2.75, 3.05) is 5.32 Å². The monoisotopic (exact) mass is 242 g/mol. The van der Waals surface area contributed by atoms with E-state index in [-0.39, 0.29) is 5.91 Å². The van der Waals surface area contributed by atoms with Crippen molar-refractivity contribution >= 4 is 17.3 Å². The second-order valence-electron chi connectivity index (χ2n) is 3.94. The number of anilines is 1. The summed E-state index contributed by atoms with van der Waals surface area (Å²) in [6.45, 7) is 5.78. The van der Waals surface area contributed by atoms with Crippen molar-refractivity contribution in [3.8, 4) is 0 Å². The first-order chi connectivity index (χ1) is 8.61. The summed E-state index contributed by atoms with van der Waals surface area (Å²) in [4.78, 5) is 15.7. The number of nitrogens with one attached hydrogen (secondary N) is 1. The molecule has 0 unspecified atom stereocenters. The third-order valence-corrected chi connectivity index (χ3v) is 2.20. The highest BCUT2D eigenvalue weighted by Gasteiger charge is 1.96. The summed E-state index contributed by atoms with van der Waals surface area (Å²) < 4.78 is 0. The number of aryl methyl sites for hydroxylation is 1. The molecule has 0 bridgehead atoms. The van der Waals surface area contributed by atoms with Gasteiger partial charge in [-0.2, -0.15) is 0 Å². The number of allylic oxidation sites excluding steroid dienone is 2. The molecule has 0 aromatic heterocycles. The fourth-order valence-corrected chi connectivity index (χ4v) is 1.41. The number of carbonyl (C=O) groups excluding carboxylic acids is 1. The van der Waals surface area contributed by atoms with Gasteiger partial charge < -0.3 is 5.32 Å². The summed E-state index contributed by atoms with van der Waals surface area (Å²) in [5, 5.41) is 2.78. The van der Waals surface area contributed by atoms with E-state index in [1.165, 1.54) is 12.3 Å². The maximum atomic E-state index is 11.6. The Bertz CT molecular complexity index is 499. The molecule has 1 aromatic rings. The molecule has 1 amide bonds. The van der Waals surface area contributed by atoms with Crippen LogP contribution in [0.5, 0.6) is 0 Å². The normalized spacial score (nSPS) is 12.3. The molecule has 0 heterocycles. The number of carbonyl (C=O) groups is 1. The first-order valence-corrected chi connectivity index (χ1v) is 5.83. The van der Waals surface area contributed by atoms with Crippen LogP contribution in [0, 0.1) is 6.92 Å². The van der Waals surface area contributed by atoms with Crippen LogP contribution in [0.4, 0.5) is 5.69 Å². The van der Waals surface area contributed by atoms with Crippen LogP contribution in [0.3, 0.4) is 0 Å². The molecular weight excluding hydrogens is 224 g/mol. The van der Waals surface area contributed by atoms with Gasteiger partial charge in [-0.1, -0.05) is 18.2 Å². The van der Waals surface area contributed by atoms with Gasteiger partial charge in [0.15, 0.2) is 0 Å². The SMILES string of the molecule is C\C=C/C(C)=N\C=C\C(=O)Nc1cccc(C)c1. The Kier molecular flexibility index (Phi) is 5.58. The first-order valence-electron chi connectivity index (χ1n) is 5.83. The highest BCUT2D eigenvalue weighted by Crippen LogP contribution is 2.09. The average molecular weight is 242 g/mol. The van der Waals surface area contributed by atoms with Gasteiger partial charge in [0.25, 0.3) is 0 Å². The van der Waals surface area contributed by atoms with Gasteiger partial charge in [-0.15, -0.1) is 0 Å². The minimum Gasteiger partial charge on any atom is -0.322 e. The molecule has 0 saturated heterocycles. The van der Waals surface area contributed by atoms with E-state index in [1.807, 2.05) is 57.2 Å². The minimum atomic E-state index is -0.183. The highest BCUT2D eigenvalue weighted by atomic mass is 16.1. The van der Waals surface area contributed by atoms with E-state index in [0.717, 1.165) is 17.0 Å². The topological polar surface area (TPSA) is 41.5 Å². The first kappa shape index (κ1) is 13.9. The minimum absolute atomic E-state index is 0.183. The number of aliphatic imine (C=N–C) groups is 1. The van der Waals surface area contributed by atoms with Crippen molar-refractivity contribution < 1.29 is 4.79 Å². The second-order valence-corrected chi connectivity index (χ2v) is 3.94. The molecule has 0 aliphatic rings. The number of amides is 1. The zero-order valence-electron chi connectivity index (χ0n) is 11.0. The molecule has 94 valence electrons. The number of hydrogen-bond acceptors (Lipinski definition) is 2. The summed E-state index contributed by atoms with van der Waals surface area (Å²) in [6, 6.07) is 7.66. The van der Waals surface area contributed by atoms with Gasteiger partial charge in [0.1, 0.15) is 0 Å². The van der Waals surface area contributed by atoms with E-state index >= 15 is 0 Å². The molecule has 0 atom stereocenters. The quantitative estimate of drug-likeness (QED) is 0.637. The zero-order chi connectivity index (χ0) is 13.4. The third-order valence-electron chi connectivity index (χ3n) is 2.20. The number of benzene rings is 1. The van der Waals surface area contributed by atoms with Gasteiger partial charge in [-0.05, 0) is 44.5 Å². The number of rotatable bonds is 4. The average Bonchev–Trinajstić information content (AvgIpc) is 2.29. The van der Waals surface area contributed by atoms with E-state index in [4.69, 9.17) is 0 Å². The van der Waals surface area contributed by atoms with Gasteiger partial charge in [0, 0.05) is 23.7 Å². The molecule has 18 heavy (non-hydrogen) atoms. The van der Waals surface area contributed by atoms with Crippen LogP contribution in [0.25, 0.3) is 0 Å². The van der Waals surface area contributed by atoms with Crippen molar-refractivity contribution in [3.63, 3.8) is 0 Å². The van der Waals surface area contributed by atoms with Crippen LogP contribution < -0.4 is 5.32 Å². The molecule has 1 rings (SSSR count). The lowest BCUT2D eigenvalue weighted by Crippen LogP contribution is -2.07. The summed E-state index contributed by atoms with van der Waals surface area (Å²) >= 11 is 0. The Morgan fingerprint density at radius 3 is 2.78 bits per heavy atom. The summed E-state index contributed by atoms with van der Waals surface area (Å²) in [5.74, 6) is -0.183. The zero-order valence-corrected chi connectivity index (χ0v) is 11.0. The fourth-order valence-electron chi connectivity index (χ4n) is 1.41. The Balaban J connectivity index is 2.57. The maximum absolute atomic E-state index is 11.6. The molecule has 3 heteroatoms. The Labute approximate surface area is 108 Å². The smallest absolute Gasteiger partial charge is 0.249 e. The molecule has 1 aromatic carbocycles. The molecule has 0 radical (unpaired) electrons. The standard InChI is InChI=1S/C15H18N2O/c1-4-6-13(3)16-10-9-15(18)17-14-8-5-7-12(2)11-14/h4-11H,1-3H3,(H,17,18)/b6-4-,10-9+,16-13-. The molecule has 3 nitrogen and oxygen atoms in total. The van der Waals surface area contributed by atoms with Gasteiger partial charge in [0.05, 0.1) is 0 Å². The number of nitrogens with zero attached hydrogens (tertiary/aromatic N) is 1. The van der Waals surface area contributed by atoms with Gasteiger partial charge in [-0.25, -0.2) is 0 Å². The Hall–Kier alpha value is -2.16. The van der Waals surface area contributed by atoms with Crippen molar-refractivity contribution in [1.82, 2.24) is 0 Å². The molecule has 0 aliphatic carbocycles. The van der Waals surface area contributed by atoms with Crippen LogP contribution >= 0.6 is 0 Å². The molecule has 1 N–H and O–H groups in total. The highest BCUT2D eigenvalue weighted by molar-refractivity contribution is 5.99. The number of hydrogen-bond donors (Lipinski definition) is 1. The van der Waals surface area contributed by atoms with Crippen molar-refractivity contribution in [2.24, 2.45) is 4.99 Å². The van der Waals surface area contributed by atoms with E-state index < -0.39 is 0 Å². The molecule has 0 saturated carbocycles. The van der Waals surface area contributed by atoms with E-state index in [0.29, 0.717) is 0 Å². The van der Waals surface area contributed by atoms with E-state index in [1.54, 1.807) is 0 Å². The molecular formula is C15H18N2O. The molecule has 0 spiro atoms. The predicted molar refractivity (Wildman–Crippen MR) is 76.9 cm³/mol. The second kappa shape index (κ2) is 7.22. The van der Waals surface area contributed by atoms with E-state index in [2.05, 4.69) is 10.3 Å². The van der Waals surface area contributed by atoms with E-state index in [9.17, 15) is 4.79 Å². The largest absolute Gasteiger partial charge is 0.322 e. The van der Waals surface area contributed by atoms with Crippen LogP contribution in [-0.2, 0) is 4.79 Å². The predicted octanol–water partition coefficient (Wildman–Crippen LogP) is 3.48. The Morgan fingerprint density at radius 2 is 2.11 bits per heavy atom. The lowest BCUT2D eigenvalue weighted by molar-refractivity contribution is -0.111. The third kappa shape index (κ3) is 5.25. The van der Waals surface area contributed by atoms with Crippen LogP contribution in [0.1, 0.15) is 19.4 Å². The fraction of sp³-hybridized carbons (Fsp3) is 0.200. The van der Waals surface area contributed by atoms with Crippen LogP contribution in [0.15, 0.2) is 53.7 Å². The maximum Gasteiger partial charge on any atom is 0.249 e. The Morgan fingerprint density at radius 1 is 1.33 bits per heavy atom.